The number of hydrogen-bond acceptors (Lipinski definition) is 3. The number of nitrogens with zero attached hydrogens (tertiary/aromatic N) is 2. The van der Waals surface area contributed by atoms with Crippen LogP contribution in [-0.4, -0.2) is 30.1 Å². The van der Waals surface area contributed by atoms with E-state index in [1.165, 1.54) is 27.3 Å². The number of benzene rings is 3. The maximum Gasteiger partial charge on any atom is 0.156 e. The molecule has 31 heavy (non-hydrogen) atoms. The molecule has 0 unspecified atom stereocenters. The van der Waals surface area contributed by atoms with E-state index in [-0.39, 0.29) is 0 Å². The highest BCUT2D eigenvalue weighted by Gasteiger charge is 2.25. The number of methoxy groups -OCH3 is 1. The van der Waals surface area contributed by atoms with Gasteiger partial charge in [-0.2, -0.15) is 0 Å². The molecule has 158 valence electrons. The van der Waals surface area contributed by atoms with Gasteiger partial charge in [-0.25, -0.2) is 4.98 Å². The second kappa shape index (κ2) is 8.31. The maximum absolute atomic E-state index is 6.49. The second-order valence-corrected chi connectivity index (χ2v) is 8.91. The molecule has 3 nitrogen and oxygen atoms in total. The Bertz CT molecular complexity index is 1280. The standard InChI is InChI=1S/C26H24Cl2N2O/c1-3-11-30-12-10-19-20(15-30)25(17-13-21(27)26(31-2)22(28)14-17)29-23-9-8-16-6-4-5-7-18(16)24(19)23/h4-9,13-14H,3,10-12,15H2,1-2H3. The van der Waals surface area contributed by atoms with E-state index in [1.807, 2.05) is 12.1 Å². The lowest BCUT2D eigenvalue weighted by molar-refractivity contribution is 0.255. The fourth-order valence-corrected chi connectivity index (χ4v) is 5.45. The minimum Gasteiger partial charge on any atom is -0.494 e. The topological polar surface area (TPSA) is 25.4 Å². The van der Waals surface area contributed by atoms with Crippen LogP contribution in [0.5, 0.6) is 5.75 Å². The highest BCUT2D eigenvalue weighted by Crippen LogP contribution is 2.41. The highest BCUT2D eigenvalue weighted by atomic mass is 35.5. The summed E-state index contributed by atoms with van der Waals surface area (Å²) in [6, 6.07) is 16.7. The van der Waals surface area contributed by atoms with Crippen LogP contribution in [0.25, 0.3) is 32.9 Å². The van der Waals surface area contributed by atoms with E-state index in [0.717, 1.165) is 49.2 Å². The van der Waals surface area contributed by atoms with E-state index in [1.54, 1.807) is 7.11 Å². The summed E-state index contributed by atoms with van der Waals surface area (Å²) in [5, 5.41) is 4.79. The average molecular weight is 451 g/mol. The van der Waals surface area contributed by atoms with Crippen molar-refractivity contribution in [3.63, 3.8) is 0 Å². The SMILES string of the molecule is CCCN1CCc2c(c(-c3cc(Cl)c(OC)c(Cl)c3)nc3ccc4ccccc4c23)C1. The number of pyridine rings is 1. The molecule has 0 bridgehead atoms. The van der Waals surface area contributed by atoms with Gasteiger partial charge >= 0.3 is 0 Å². The molecule has 0 aliphatic carbocycles. The molecule has 4 aromatic rings. The quantitative estimate of drug-likeness (QED) is 0.309. The van der Waals surface area contributed by atoms with Gasteiger partial charge in [-0.05, 0) is 59.5 Å². The lowest BCUT2D eigenvalue weighted by Crippen LogP contribution is -2.32. The summed E-state index contributed by atoms with van der Waals surface area (Å²) < 4.78 is 5.35. The van der Waals surface area contributed by atoms with E-state index in [0.29, 0.717) is 15.8 Å². The van der Waals surface area contributed by atoms with Crippen LogP contribution < -0.4 is 4.74 Å². The summed E-state index contributed by atoms with van der Waals surface area (Å²) in [5.41, 5.74) is 5.58. The van der Waals surface area contributed by atoms with Crippen LogP contribution >= 0.6 is 23.2 Å². The van der Waals surface area contributed by atoms with E-state index in [4.69, 9.17) is 32.9 Å². The molecule has 2 heterocycles. The predicted molar refractivity (Wildman–Crippen MR) is 131 cm³/mol. The van der Waals surface area contributed by atoms with Crippen LogP contribution in [0, 0.1) is 0 Å². The van der Waals surface area contributed by atoms with Crippen molar-refractivity contribution in [1.29, 1.82) is 0 Å². The third-order valence-electron chi connectivity index (χ3n) is 6.17. The molecule has 0 amide bonds. The Balaban J connectivity index is 1.81. The fraction of sp³-hybridized carbons (Fsp3) is 0.269. The van der Waals surface area contributed by atoms with E-state index in [9.17, 15) is 0 Å². The number of aromatic nitrogens is 1. The van der Waals surface area contributed by atoms with Gasteiger partial charge in [0.2, 0.25) is 0 Å². The number of fused-ring (bicyclic) bond motifs is 5. The Morgan fingerprint density at radius 1 is 1.03 bits per heavy atom. The molecule has 0 radical (unpaired) electrons. The van der Waals surface area contributed by atoms with Crippen LogP contribution in [0.2, 0.25) is 10.0 Å². The van der Waals surface area contributed by atoms with Gasteiger partial charge in [-0.3, -0.25) is 4.90 Å². The molecule has 1 aromatic heterocycles. The van der Waals surface area contributed by atoms with Crippen LogP contribution in [0.1, 0.15) is 24.5 Å². The summed E-state index contributed by atoms with van der Waals surface area (Å²) in [7, 11) is 1.58. The smallest absolute Gasteiger partial charge is 0.156 e. The Kier molecular flexibility index (Phi) is 5.51. The highest BCUT2D eigenvalue weighted by molar-refractivity contribution is 6.37. The van der Waals surface area contributed by atoms with Gasteiger partial charge in [0.25, 0.3) is 0 Å². The van der Waals surface area contributed by atoms with E-state index in [2.05, 4.69) is 48.2 Å². The third kappa shape index (κ3) is 3.55. The first-order chi connectivity index (χ1) is 15.1. The Hall–Kier alpha value is -2.33. The monoisotopic (exact) mass is 450 g/mol. The van der Waals surface area contributed by atoms with Crippen molar-refractivity contribution in [2.24, 2.45) is 0 Å². The zero-order valence-corrected chi connectivity index (χ0v) is 19.2. The molecule has 0 spiro atoms. The minimum atomic E-state index is 0.500. The second-order valence-electron chi connectivity index (χ2n) is 8.10. The molecular formula is C26H24Cl2N2O. The molecule has 0 N–H and O–H groups in total. The molecule has 1 aliphatic heterocycles. The van der Waals surface area contributed by atoms with Gasteiger partial charge in [0.15, 0.2) is 5.75 Å². The predicted octanol–water partition coefficient (Wildman–Crippen LogP) is 7.14. The van der Waals surface area contributed by atoms with E-state index < -0.39 is 0 Å². The van der Waals surface area contributed by atoms with Crippen LogP contribution in [0.3, 0.4) is 0 Å². The summed E-state index contributed by atoms with van der Waals surface area (Å²) in [6.45, 7) is 5.25. The molecule has 5 rings (SSSR count). The van der Waals surface area contributed by atoms with Gasteiger partial charge in [-0.15, -0.1) is 0 Å². The largest absolute Gasteiger partial charge is 0.494 e. The first-order valence-electron chi connectivity index (χ1n) is 10.7. The van der Waals surface area contributed by atoms with Gasteiger partial charge in [0, 0.05) is 24.0 Å². The number of ether oxygens (including phenoxy) is 1. The lowest BCUT2D eigenvalue weighted by Gasteiger charge is -2.31. The van der Waals surface area contributed by atoms with Crippen molar-refractivity contribution in [2.75, 3.05) is 20.2 Å². The molecule has 0 fully saturated rings. The molecular weight excluding hydrogens is 427 g/mol. The molecule has 5 heteroatoms. The minimum absolute atomic E-state index is 0.500. The number of rotatable bonds is 4. The Morgan fingerprint density at radius 3 is 2.55 bits per heavy atom. The zero-order chi connectivity index (χ0) is 21.5. The number of halogens is 2. The third-order valence-corrected chi connectivity index (χ3v) is 6.73. The van der Waals surface area contributed by atoms with Crippen LogP contribution in [-0.2, 0) is 13.0 Å². The normalized spacial score (nSPS) is 14.2. The van der Waals surface area contributed by atoms with Crippen molar-refractivity contribution < 1.29 is 4.74 Å². The first-order valence-corrected chi connectivity index (χ1v) is 11.4. The first kappa shape index (κ1) is 20.6. The van der Waals surface area contributed by atoms with Crippen LogP contribution in [0.15, 0.2) is 48.5 Å². The molecule has 1 aliphatic rings. The molecule has 3 aromatic carbocycles. The Morgan fingerprint density at radius 2 is 1.81 bits per heavy atom. The lowest BCUT2D eigenvalue weighted by atomic mass is 9.89. The summed E-state index contributed by atoms with van der Waals surface area (Å²) >= 11 is 13.0. The van der Waals surface area contributed by atoms with Crippen molar-refractivity contribution in [3.05, 3.63) is 69.7 Å². The molecule has 0 atom stereocenters. The van der Waals surface area contributed by atoms with Gasteiger partial charge in [0.1, 0.15) is 0 Å². The molecule has 0 saturated carbocycles. The van der Waals surface area contributed by atoms with Gasteiger partial charge < -0.3 is 4.74 Å². The van der Waals surface area contributed by atoms with E-state index >= 15 is 0 Å². The Labute approximate surface area is 192 Å². The van der Waals surface area contributed by atoms with Crippen molar-refractivity contribution in [3.8, 4) is 17.0 Å². The summed E-state index contributed by atoms with van der Waals surface area (Å²) in [6.07, 6.45) is 2.14. The van der Waals surface area contributed by atoms with Gasteiger partial charge in [0.05, 0.1) is 28.4 Å². The van der Waals surface area contributed by atoms with Crippen LogP contribution in [0.4, 0.5) is 0 Å². The van der Waals surface area contributed by atoms with Crippen molar-refractivity contribution in [2.45, 2.75) is 26.3 Å². The summed E-state index contributed by atoms with van der Waals surface area (Å²) in [4.78, 5) is 7.67. The zero-order valence-electron chi connectivity index (χ0n) is 17.7. The fourth-order valence-electron chi connectivity index (χ4n) is 4.81. The van der Waals surface area contributed by atoms with Crippen molar-refractivity contribution >= 4 is 44.9 Å². The van der Waals surface area contributed by atoms with Crippen molar-refractivity contribution in [1.82, 2.24) is 9.88 Å². The maximum atomic E-state index is 6.49. The van der Waals surface area contributed by atoms with Gasteiger partial charge in [-0.1, -0.05) is 60.5 Å². The average Bonchev–Trinajstić information content (AvgIpc) is 2.78. The number of hydrogen-bond donors (Lipinski definition) is 0. The summed E-state index contributed by atoms with van der Waals surface area (Å²) in [5.74, 6) is 0.500. The molecule has 0 saturated heterocycles.